The molecular formula is C14H27N3O3S. The summed E-state index contributed by atoms with van der Waals surface area (Å²) in [6, 6.07) is 1.48. The van der Waals surface area contributed by atoms with E-state index in [0.717, 1.165) is 12.2 Å². The third-order valence-corrected chi connectivity index (χ3v) is 4.88. The molecule has 1 rings (SSSR count). The molecule has 1 heterocycles. The van der Waals surface area contributed by atoms with Gasteiger partial charge >= 0.3 is 0 Å². The third-order valence-electron chi connectivity index (χ3n) is 3.43. The monoisotopic (exact) mass is 317 g/mol. The molecule has 0 spiro atoms. The lowest BCUT2D eigenvalue weighted by molar-refractivity contribution is 0.157. The van der Waals surface area contributed by atoms with Gasteiger partial charge in [-0.2, -0.15) is 0 Å². The van der Waals surface area contributed by atoms with Gasteiger partial charge in [0.15, 0.2) is 0 Å². The molecule has 0 radical (unpaired) electrons. The maximum Gasteiger partial charge on any atom is 0.242 e. The Labute approximate surface area is 127 Å². The minimum Gasteiger partial charge on any atom is -0.383 e. The number of aryl methyl sites for hydroxylation is 1. The first-order valence-corrected chi connectivity index (χ1v) is 8.68. The van der Waals surface area contributed by atoms with Crippen molar-refractivity contribution < 1.29 is 13.2 Å². The molecule has 21 heavy (non-hydrogen) atoms. The number of hydrogen-bond acceptors (Lipinski definition) is 4. The van der Waals surface area contributed by atoms with E-state index in [1.54, 1.807) is 19.4 Å². The van der Waals surface area contributed by atoms with E-state index in [2.05, 4.69) is 10.0 Å². The standard InChI is InChI=1S/C14H27N3O3S/c1-6-17-9-13(7-12(17)8-15-4)21(18,19)16-14(10-20-5)11(2)3/h7,9,11,14-16H,6,8,10H2,1-5H3. The Morgan fingerprint density at radius 1 is 1.38 bits per heavy atom. The number of ether oxygens (including phenoxy) is 1. The summed E-state index contributed by atoms with van der Waals surface area (Å²) in [4.78, 5) is 0.302. The smallest absolute Gasteiger partial charge is 0.242 e. The van der Waals surface area contributed by atoms with Crippen LogP contribution in [0.15, 0.2) is 17.2 Å². The Bertz CT molecular complexity index is 538. The molecule has 1 unspecified atom stereocenters. The molecular weight excluding hydrogens is 290 g/mol. The van der Waals surface area contributed by atoms with Gasteiger partial charge in [0.25, 0.3) is 0 Å². The van der Waals surface area contributed by atoms with E-state index < -0.39 is 10.0 Å². The minimum absolute atomic E-state index is 0.157. The predicted molar refractivity (Wildman–Crippen MR) is 83.7 cm³/mol. The molecule has 1 aromatic heterocycles. The van der Waals surface area contributed by atoms with Crippen molar-refractivity contribution in [3.63, 3.8) is 0 Å². The van der Waals surface area contributed by atoms with Crippen molar-refractivity contribution in [1.82, 2.24) is 14.6 Å². The number of nitrogens with one attached hydrogen (secondary N) is 2. The third kappa shape index (κ3) is 4.81. The zero-order valence-electron chi connectivity index (χ0n) is 13.5. The highest BCUT2D eigenvalue weighted by atomic mass is 32.2. The summed E-state index contributed by atoms with van der Waals surface area (Å²) in [5, 5.41) is 3.05. The SMILES string of the molecule is CCn1cc(S(=O)(=O)NC(COC)C(C)C)cc1CNC. The molecule has 1 atom stereocenters. The van der Waals surface area contributed by atoms with Crippen LogP contribution in [-0.2, 0) is 27.8 Å². The molecule has 0 aliphatic carbocycles. The maximum atomic E-state index is 12.5. The lowest BCUT2D eigenvalue weighted by Gasteiger charge is -2.20. The fourth-order valence-corrected chi connectivity index (χ4v) is 3.54. The summed E-state index contributed by atoms with van der Waals surface area (Å²) in [6.45, 7) is 7.65. The van der Waals surface area contributed by atoms with Gasteiger partial charge in [0.1, 0.15) is 0 Å². The Balaban J connectivity index is 3.01. The molecule has 0 aromatic carbocycles. The summed E-state index contributed by atoms with van der Waals surface area (Å²) >= 11 is 0. The molecule has 0 saturated heterocycles. The van der Waals surface area contributed by atoms with E-state index in [-0.39, 0.29) is 12.0 Å². The fraction of sp³-hybridized carbons (Fsp3) is 0.714. The summed E-state index contributed by atoms with van der Waals surface area (Å²) in [6.07, 6.45) is 1.68. The van der Waals surface area contributed by atoms with Crippen LogP contribution in [-0.4, -0.2) is 39.8 Å². The van der Waals surface area contributed by atoms with Gasteiger partial charge in [0.05, 0.1) is 11.5 Å². The van der Waals surface area contributed by atoms with Crippen molar-refractivity contribution in [2.45, 2.75) is 44.8 Å². The fourth-order valence-electron chi connectivity index (χ4n) is 2.11. The van der Waals surface area contributed by atoms with Crippen LogP contribution in [0.4, 0.5) is 0 Å². The molecule has 7 heteroatoms. The first kappa shape index (κ1) is 18.2. The number of sulfonamides is 1. The van der Waals surface area contributed by atoms with Crippen molar-refractivity contribution in [2.24, 2.45) is 5.92 Å². The Kier molecular flexibility index (Phi) is 6.86. The summed E-state index contributed by atoms with van der Waals surface area (Å²) < 4.78 is 34.8. The second-order valence-electron chi connectivity index (χ2n) is 5.41. The molecule has 2 N–H and O–H groups in total. The Hall–Kier alpha value is -0.890. The van der Waals surface area contributed by atoms with E-state index in [0.29, 0.717) is 18.0 Å². The number of hydrogen-bond donors (Lipinski definition) is 2. The first-order valence-electron chi connectivity index (χ1n) is 7.20. The van der Waals surface area contributed by atoms with Crippen LogP contribution in [0, 0.1) is 5.92 Å². The van der Waals surface area contributed by atoms with Crippen LogP contribution in [0.1, 0.15) is 26.5 Å². The molecule has 122 valence electrons. The largest absolute Gasteiger partial charge is 0.383 e. The normalized spacial score (nSPS) is 13.8. The van der Waals surface area contributed by atoms with Crippen LogP contribution in [0.2, 0.25) is 0 Å². The second-order valence-corrected chi connectivity index (χ2v) is 7.12. The topological polar surface area (TPSA) is 72.4 Å². The van der Waals surface area contributed by atoms with Crippen molar-refractivity contribution in [1.29, 1.82) is 0 Å². The number of methoxy groups -OCH3 is 1. The van der Waals surface area contributed by atoms with Crippen molar-refractivity contribution in [3.05, 3.63) is 18.0 Å². The quantitative estimate of drug-likeness (QED) is 0.717. The minimum atomic E-state index is -3.54. The van der Waals surface area contributed by atoms with Gasteiger partial charge in [-0.15, -0.1) is 0 Å². The molecule has 0 amide bonds. The van der Waals surface area contributed by atoms with E-state index in [1.807, 2.05) is 32.4 Å². The lowest BCUT2D eigenvalue weighted by atomic mass is 10.1. The van der Waals surface area contributed by atoms with Crippen molar-refractivity contribution in [3.8, 4) is 0 Å². The maximum absolute atomic E-state index is 12.5. The number of rotatable bonds is 9. The van der Waals surface area contributed by atoms with E-state index >= 15 is 0 Å². The molecule has 0 aliphatic rings. The molecule has 0 aliphatic heterocycles. The van der Waals surface area contributed by atoms with Crippen molar-refractivity contribution in [2.75, 3.05) is 20.8 Å². The van der Waals surface area contributed by atoms with Crippen LogP contribution in [0.3, 0.4) is 0 Å². The molecule has 0 saturated carbocycles. The summed E-state index contributed by atoms with van der Waals surface area (Å²) in [5.41, 5.74) is 0.952. The zero-order chi connectivity index (χ0) is 16.0. The van der Waals surface area contributed by atoms with Gasteiger partial charge in [-0.05, 0) is 26.0 Å². The van der Waals surface area contributed by atoms with E-state index in [1.165, 1.54) is 0 Å². The van der Waals surface area contributed by atoms with Gasteiger partial charge < -0.3 is 14.6 Å². The predicted octanol–water partition coefficient (Wildman–Crippen LogP) is 1.18. The van der Waals surface area contributed by atoms with E-state index in [4.69, 9.17) is 4.74 Å². The van der Waals surface area contributed by atoms with Crippen LogP contribution >= 0.6 is 0 Å². The van der Waals surface area contributed by atoms with E-state index in [9.17, 15) is 8.42 Å². The summed E-state index contributed by atoms with van der Waals surface area (Å²) in [5.74, 6) is 0.157. The van der Waals surface area contributed by atoms with Gasteiger partial charge in [-0.3, -0.25) is 0 Å². The highest BCUT2D eigenvalue weighted by Gasteiger charge is 2.24. The van der Waals surface area contributed by atoms with Gasteiger partial charge in [-0.1, -0.05) is 13.8 Å². The average Bonchev–Trinajstić information content (AvgIpc) is 2.82. The lowest BCUT2D eigenvalue weighted by Crippen LogP contribution is -2.41. The van der Waals surface area contributed by atoms with Gasteiger partial charge in [0.2, 0.25) is 10.0 Å². The number of aromatic nitrogens is 1. The van der Waals surface area contributed by atoms with Crippen LogP contribution in [0.5, 0.6) is 0 Å². The second kappa shape index (κ2) is 7.93. The molecule has 0 fully saturated rings. The highest BCUT2D eigenvalue weighted by molar-refractivity contribution is 7.89. The summed E-state index contributed by atoms with van der Waals surface area (Å²) in [7, 11) is -0.124. The van der Waals surface area contributed by atoms with Crippen LogP contribution in [0.25, 0.3) is 0 Å². The average molecular weight is 317 g/mol. The number of nitrogens with zero attached hydrogens (tertiary/aromatic N) is 1. The van der Waals surface area contributed by atoms with Crippen LogP contribution < -0.4 is 10.0 Å². The zero-order valence-corrected chi connectivity index (χ0v) is 14.3. The first-order chi connectivity index (χ1) is 9.85. The molecule has 1 aromatic rings. The Morgan fingerprint density at radius 3 is 2.52 bits per heavy atom. The Morgan fingerprint density at radius 2 is 2.05 bits per heavy atom. The molecule has 6 nitrogen and oxygen atoms in total. The van der Waals surface area contributed by atoms with Gasteiger partial charge in [-0.25, -0.2) is 13.1 Å². The van der Waals surface area contributed by atoms with Gasteiger partial charge in [0, 0.05) is 38.1 Å². The molecule has 0 bridgehead atoms. The van der Waals surface area contributed by atoms with Crippen molar-refractivity contribution >= 4 is 10.0 Å². The highest BCUT2D eigenvalue weighted by Crippen LogP contribution is 2.16.